The highest BCUT2D eigenvalue weighted by Gasteiger charge is 2.30. The van der Waals surface area contributed by atoms with Gasteiger partial charge < -0.3 is 10.2 Å². The number of benzene rings is 2. The zero-order valence-corrected chi connectivity index (χ0v) is 20.1. The summed E-state index contributed by atoms with van der Waals surface area (Å²) in [6, 6.07) is 13.2. The molecule has 0 radical (unpaired) electrons. The number of aromatic nitrogens is 3. The van der Waals surface area contributed by atoms with E-state index >= 15 is 0 Å². The van der Waals surface area contributed by atoms with E-state index in [0.29, 0.717) is 30.5 Å². The third kappa shape index (κ3) is 4.96. The van der Waals surface area contributed by atoms with Crippen LogP contribution >= 0.6 is 0 Å². The van der Waals surface area contributed by atoms with Gasteiger partial charge in [0.1, 0.15) is 5.82 Å². The van der Waals surface area contributed by atoms with E-state index in [-0.39, 0.29) is 29.5 Å². The highest BCUT2D eigenvalue weighted by molar-refractivity contribution is 7.89. The fourth-order valence-electron chi connectivity index (χ4n) is 4.07. The molecule has 182 valence electrons. The standard InChI is InChI=1S/C24H26N6O4S/c1-16(31)29-10-12-30(13-11-29)35(33,34)21-7-3-5-19(15-21)24(32)25-20-6-2-4-18(14-20)23-26-22(27-28-23)17-8-9-17/h2-7,14-15,17H,8-13H2,1H3,(H,25,32)(H,26,27,28). The zero-order chi connectivity index (χ0) is 24.6. The molecule has 2 fully saturated rings. The number of nitrogens with one attached hydrogen (secondary N) is 2. The first kappa shape index (κ1) is 23.2. The molecule has 3 aromatic rings. The molecule has 5 rings (SSSR count). The number of H-pyrrole nitrogens is 1. The minimum absolute atomic E-state index is 0.0449. The van der Waals surface area contributed by atoms with Crippen LogP contribution in [0.5, 0.6) is 0 Å². The van der Waals surface area contributed by atoms with Crippen LogP contribution in [0.4, 0.5) is 5.69 Å². The molecular weight excluding hydrogens is 468 g/mol. The molecule has 2 amide bonds. The van der Waals surface area contributed by atoms with Crippen LogP contribution < -0.4 is 5.32 Å². The Kier molecular flexibility index (Phi) is 6.12. The molecular formula is C24H26N6O4S. The highest BCUT2D eigenvalue weighted by atomic mass is 32.2. The Morgan fingerprint density at radius 3 is 2.49 bits per heavy atom. The average Bonchev–Trinajstić information content (AvgIpc) is 3.60. The summed E-state index contributed by atoms with van der Waals surface area (Å²) in [5.74, 6) is 1.42. The van der Waals surface area contributed by atoms with Gasteiger partial charge in [-0.3, -0.25) is 14.7 Å². The van der Waals surface area contributed by atoms with Crippen molar-refractivity contribution in [2.24, 2.45) is 0 Å². The molecule has 1 saturated heterocycles. The normalized spacial score (nSPS) is 16.8. The molecule has 10 nitrogen and oxygen atoms in total. The molecule has 35 heavy (non-hydrogen) atoms. The van der Waals surface area contributed by atoms with E-state index in [9.17, 15) is 18.0 Å². The van der Waals surface area contributed by atoms with Gasteiger partial charge in [-0.2, -0.15) is 9.40 Å². The van der Waals surface area contributed by atoms with Crippen molar-refractivity contribution < 1.29 is 18.0 Å². The highest BCUT2D eigenvalue weighted by Crippen LogP contribution is 2.38. The average molecular weight is 495 g/mol. The van der Waals surface area contributed by atoms with E-state index < -0.39 is 15.9 Å². The molecule has 11 heteroatoms. The van der Waals surface area contributed by atoms with Crippen LogP contribution in [-0.4, -0.2) is 70.8 Å². The fourth-order valence-corrected chi connectivity index (χ4v) is 5.54. The summed E-state index contributed by atoms with van der Waals surface area (Å²) < 4.78 is 27.6. The molecule has 1 saturated carbocycles. The van der Waals surface area contributed by atoms with Crippen LogP contribution in [0, 0.1) is 0 Å². The first-order valence-corrected chi connectivity index (χ1v) is 12.9. The molecule has 2 heterocycles. The number of rotatable bonds is 6. The summed E-state index contributed by atoms with van der Waals surface area (Å²) in [5, 5.41) is 10.1. The predicted molar refractivity (Wildman–Crippen MR) is 129 cm³/mol. The van der Waals surface area contributed by atoms with E-state index in [4.69, 9.17) is 0 Å². The van der Waals surface area contributed by atoms with Gasteiger partial charge in [0.25, 0.3) is 5.91 Å². The lowest BCUT2D eigenvalue weighted by atomic mass is 10.1. The second-order valence-electron chi connectivity index (χ2n) is 8.79. The Morgan fingerprint density at radius 1 is 1.03 bits per heavy atom. The van der Waals surface area contributed by atoms with E-state index in [0.717, 1.165) is 24.2 Å². The van der Waals surface area contributed by atoms with Crippen molar-refractivity contribution in [1.82, 2.24) is 24.4 Å². The number of piperazine rings is 1. The van der Waals surface area contributed by atoms with Crippen LogP contribution in [0.15, 0.2) is 53.4 Å². The monoisotopic (exact) mass is 494 g/mol. The van der Waals surface area contributed by atoms with Gasteiger partial charge in [0.15, 0.2) is 5.82 Å². The Labute approximate surface area is 203 Å². The quantitative estimate of drug-likeness (QED) is 0.542. The number of hydrogen-bond acceptors (Lipinski definition) is 6. The summed E-state index contributed by atoms with van der Waals surface area (Å²) in [4.78, 5) is 30.7. The van der Waals surface area contributed by atoms with Crippen LogP contribution in [0.2, 0.25) is 0 Å². The lowest BCUT2D eigenvalue weighted by molar-refractivity contribution is -0.129. The largest absolute Gasteiger partial charge is 0.340 e. The lowest BCUT2D eigenvalue weighted by Crippen LogP contribution is -2.49. The SMILES string of the molecule is CC(=O)N1CCN(S(=O)(=O)c2cccc(C(=O)Nc3cccc(-c4n[nH]c(C5CC5)n4)c3)c2)CC1. The fraction of sp³-hybridized carbons (Fsp3) is 0.333. The second-order valence-corrected chi connectivity index (χ2v) is 10.7. The van der Waals surface area contributed by atoms with E-state index in [1.54, 1.807) is 35.2 Å². The second kappa shape index (κ2) is 9.23. The molecule has 1 aliphatic carbocycles. The number of carbonyl (C=O) groups excluding carboxylic acids is 2. The summed E-state index contributed by atoms with van der Waals surface area (Å²) in [6.45, 7) is 2.60. The molecule has 0 atom stereocenters. The van der Waals surface area contributed by atoms with E-state index in [1.807, 2.05) is 6.07 Å². The lowest BCUT2D eigenvalue weighted by Gasteiger charge is -2.33. The maximum atomic E-state index is 13.1. The number of anilines is 1. The third-order valence-corrected chi connectivity index (χ3v) is 8.16. The number of aromatic amines is 1. The van der Waals surface area contributed by atoms with Gasteiger partial charge in [-0.15, -0.1) is 0 Å². The topological polar surface area (TPSA) is 128 Å². The number of amides is 2. The predicted octanol–water partition coefficient (Wildman–Crippen LogP) is 2.45. The van der Waals surface area contributed by atoms with Gasteiger partial charge in [0.05, 0.1) is 4.90 Å². The molecule has 2 aromatic carbocycles. The molecule has 0 bridgehead atoms. The van der Waals surface area contributed by atoms with Gasteiger partial charge in [0, 0.05) is 55.8 Å². The van der Waals surface area contributed by atoms with Crippen molar-refractivity contribution in [2.75, 3.05) is 31.5 Å². The maximum Gasteiger partial charge on any atom is 0.255 e. The maximum absolute atomic E-state index is 13.1. The smallest absolute Gasteiger partial charge is 0.255 e. The van der Waals surface area contributed by atoms with Crippen molar-refractivity contribution in [3.63, 3.8) is 0 Å². The van der Waals surface area contributed by atoms with E-state index in [2.05, 4.69) is 20.5 Å². The number of nitrogens with zero attached hydrogens (tertiary/aromatic N) is 4. The van der Waals surface area contributed by atoms with Crippen molar-refractivity contribution in [3.05, 3.63) is 59.9 Å². The van der Waals surface area contributed by atoms with Gasteiger partial charge in [-0.25, -0.2) is 13.4 Å². The van der Waals surface area contributed by atoms with Crippen LogP contribution in [0.3, 0.4) is 0 Å². The van der Waals surface area contributed by atoms with Crippen molar-refractivity contribution in [1.29, 1.82) is 0 Å². The number of sulfonamides is 1. The Balaban J connectivity index is 1.30. The Bertz CT molecular complexity index is 1370. The minimum atomic E-state index is -3.79. The van der Waals surface area contributed by atoms with Gasteiger partial charge in [-0.05, 0) is 43.2 Å². The van der Waals surface area contributed by atoms with Gasteiger partial charge in [0.2, 0.25) is 15.9 Å². The zero-order valence-electron chi connectivity index (χ0n) is 19.3. The van der Waals surface area contributed by atoms with Crippen molar-refractivity contribution >= 4 is 27.5 Å². The molecule has 1 aliphatic heterocycles. The summed E-state index contributed by atoms with van der Waals surface area (Å²) in [5.41, 5.74) is 1.55. The Hall–Kier alpha value is -3.57. The summed E-state index contributed by atoms with van der Waals surface area (Å²) >= 11 is 0. The molecule has 1 aromatic heterocycles. The van der Waals surface area contributed by atoms with Crippen molar-refractivity contribution in [3.8, 4) is 11.4 Å². The number of carbonyl (C=O) groups is 2. The first-order valence-electron chi connectivity index (χ1n) is 11.5. The first-order chi connectivity index (χ1) is 16.8. The molecule has 2 aliphatic rings. The van der Waals surface area contributed by atoms with Gasteiger partial charge in [-0.1, -0.05) is 18.2 Å². The van der Waals surface area contributed by atoms with Crippen LogP contribution in [-0.2, 0) is 14.8 Å². The molecule has 0 spiro atoms. The third-order valence-electron chi connectivity index (χ3n) is 6.26. The number of hydrogen-bond donors (Lipinski definition) is 2. The summed E-state index contributed by atoms with van der Waals surface area (Å²) in [7, 11) is -3.79. The van der Waals surface area contributed by atoms with Gasteiger partial charge >= 0.3 is 0 Å². The molecule has 2 N–H and O–H groups in total. The minimum Gasteiger partial charge on any atom is -0.340 e. The van der Waals surface area contributed by atoms with E-state index in [1.165, 1.54) is 23.4 Å². The Morgan fingerprint density at radius 2 is 1.77 bits per heavy atom. The van der Waals surface area contributed by atoms with Crippen LogP contribution in [0.1, 0.15) is 41.9 Å². The van der Waals surface area contributed by atoms with Crippen LogP contribution in [0.25, 0.3) is 11.4 Å². The summed E-state index contributed by atoms with van der Waals surface area (Å²) in [6.07, 6.45) is 2.24. The van der Waals surface area contributed by atoms with Crippen molar-refractivity contribution in [2.45, 2.75) is 30.6 Å². The molecule has 0 unspecified atom stereocenters.